The lowest BCUT2D eigenvalue weighted by Gasteiger charge is -2.26. The summed E-state index contributed by atoms with van der Waals surface area (Å²) in [6, 6.07) is 9.24. The molecule has 0 aliphatic carbocycles. The Hall–Kier alpha value is -2.82. The van der Waals surface area contributed by atoms with Gasteiger partial charge in [0.15, 0.2) is 11.5 Å². The summed E-state index contributed by atoms with van der Waals surface area (Å²) in [6.45, 7) is 1.18. The molecule has 1 aliphatic rings. The molecule has 1 fully saturated rings. The Morgan fingerprint density at radius 2 is 1.57 bits per heavy atom. The average molecular weight is 436 g/mol. The summed E-state index contributed by atoms with van der Waals surface area (Å²) in [5.74, 6) is 0.689. The van der Waals surface area contributed by atoms with Crippen molar-refractivity contribution in [3.05, 3.63) is 42.0 Å². The van der Waals surface area contributed by atoms with Crippen LogP contribution in [0.25, 0.3) is 0 Å². The maximum Gasteiger partial charge on any atom is 0.255 e. The lowest BCUT2D eigenvalue weighted by molar-refractivity contribution is 0.0729. The molecule has 0 saturated carbocycles. The molecule has 0 bridgehead atoms. The van der Waals surface area contributed by atoms with Crippen molar-refractivity contribution in [2.75, 3.05) is 52.9 Å². The Balaban J connectivity index is 1.89. The summed E-state index contributed by atoms with van der Waals surface area (Å²) in [6.07, 6.45) is 0. The number of amides is 1. The summed E-state index contributed by atoms with van der Waals surface area (Å²) >= 11 is 0. The molecule has 9 nitrogen and oxygen atoms in total. The third kappa shape index (κ3) is 4.50. The normalized spacial score (nSPS) is 14.8. The predicted octanol–water partition coefficient (Wildman–Crippen LogP) is 1.99. The standard InChI is InChI=1S/C20H24N2O7S/c1-26-16-6-4-14(12-18(16)28-3)20(23)21-15-5-7-17(27-2)19(13-15)30(24,25)22-8-10-29-11-9-22/h4-7,12-13H,8-11H2,1-3H3,(H,21,23). The minimum Gasteiger partial charge on any atom is -0.495 e. The molecular formula is C20H24N2O7S. The van der Waals surface area contributed by atoms with E-state index in [2.05, 4.69) is 5.32 Å². The van der Waals surface area contributed by atoms with Crippen molar-refractivity contribution < 1.29 is 32.2 Å². The largest absolute Gasteiger partial charge is 0.495 e. The van der Waals surface area contributed by atoms with Crippen molar-refractivity contribution >= 4 is 21.6 Å². The molecule has 30 heavy (non-hydrogen) atoms. The molecule has 1 heterocycles. The molecule has 162 valence electrons. The van der Waals surface area contributed by atoms with Gasteiger partial charge in [-0.15, -0.1) is 0 Å². The van der Waals surface area contributed by atoms with Crippen LogP contribution in [-0.4, -0.2) is 66.3 Å². The number of ether oxygens (including phenoxy) is 4. The summed E-state index contributed by atoms with van der Waals surface area (Å²) in [7, 11) is 0.575. The molecule has 2 aromatic rings. The smallest absolute Gasteiger partial charge is 0.255 e. The molecule has 2 aromatic carbocycles. The van der Waals surface area contributed by atoms with Crippen LogP contribution in [0.4, 0.5) is 5.69 Å². The summed E-state index contributed by atoms with van der Waals surface area (Å²) in [5, 5.41) is 2.72. The first-order valence-electron chi connectivity index (χ1n) is 9.20. The highest BCUT2D eigenvalue weighted by Gasteiger charge is 2.29. The van der Waals surface area contributed by atoms with E-state index in [0.717, 1.165) is 0 Å². The quantitative estimate of drug-likeness (QED) is 0.708. The van der Waals surface area contributed by atoms with E-state index < -0.39 is 15.9 Å². The SMILES string of the molecule is COc1ccc(C(=O)Nc2ccc(OC)c(S(=O)(=O)N3CCOCC3)c2)cc1OC. The van der Waals surface area contributed by atoms with E-state index in [-0.39, 0.29) is 23.7 Å². The molecule has 3 rings (SSSR count). The molecule has 0 radical (unpaired) electrons. The van der Waals surface area contributed by atoms with Crippen LogP contribution in [0.2, 0.25) is 0 Å². The Kier molecular flexibility index (Phi) is 6.80. The van der Waals surface area contributed by atoms with Crippen LogP contribution in [0.5, 0.6) is 17.2 Å². The van der Waals surface area contributed by atoms with E-state index in [4.69, 9.17) is 18.9 Å². The van der Waals surface area contributed by atoms with Gasteiger partial charge in [-0.2, -0.15) is 4.31 Å². The zero-order valence-electron chi connectivity index (χ0n) is 17.0. The second-order valence-electron chi connectivity index (χ2n) is 6.41. The van der Waals surface area contributed by atoms with E-state index in [1.807, 2.05) is 0 Å². The van der Waals surface area contributed by atoms with Crippen LogP contribution in [0, 0.1) is 0 Å². The topological polar surface area (TPSA) is 103 Å². The van der Waals surface area contributed by atoms with E-state index in [1.165, 1.54) is 37.8 Å². The van der Waals surface area contributed by atoms with Gasteiger partial charge in [0, 0.05) is 24.3 Å². The maximum atomic E-state index is 13.1. The zero-order chi connectivity index (χ0) is 21.7. The molecule has 0 spiro atoms. The van der Waals surface area contributed by atoms with Crippen molar-refractivity contribution in [2.24, 2.45) is 0 Å². The predicted molar refractivity (Wildman–Crippen MR) is 110 cm³/mol. The number of nitrogens with zero attached hydrogens (tertiary/aromatic N) is 1. The maximum absolute atomic E-state index is 13.1. The van der Waals surface area contributed by atoms with Gasteiger partial charge < -0.3 is 24.3 Å². The van der Waals surface area contributed by atoms with Crippen LogP contribution < -0.4 is 19.5 Å². The molecule has 1 amide bonds. The summed E-state index contributed by atoms with van der Waals surface area (Å²) < 4.78 is 48.4. The second-order valence-corrected chi connectivity index (χ2v) is 8.31. The van der Waals surface area contributed by atoms with Gasteiger partial charge in [0.25, 0.3) is 5.91 Å². The lowest BCUT2D eigenvalue weighted by atomic mass is 10.2. The number of methoxy groups -OCH3 is 3. The third-order valence-corrected chi connectivity index (χ3v) is 6.57. The number of hydrogen-bond acceptors (Lipinski definition) is 7. The Morgan fingerprint density at radius 3 is 2.20 bits per heavy atom. The summed E-state index contributed by atoms with van der Waals surface area (Å²) in [4.78, 5) is 12.7. The van der Waals surface area contributed by atoms with Gasteiger partial charge in [0.2, 0.25) is 10.0 Å². The van der Waals surface area contributed by atoms with Crippen molar-refractivity contribution in [3.8, 4) is 17.2 Å². The zero-order valence-corrected chi connectivity index (χ0v) is 17.8. The second kappa shape index (κ2) is 9.33. The Bertz CT molecular complexity index is 1020. The first-order valence-corrected chi connectivity index (χ1v) is 10.6. The van der Waals surface area contributed by atoms with Crippen molar-refractivity contribution in [2.45, 2.75) is 4.90 Å². The molecule has 0 atom stereocenters. The number of rotatable bonds is 7. The monoisotopic (exact) mass is 436 g/mol. The first-order chi connectivity index (χ1) is 14.4. The van der Waals surface area contributed by atoms with E-state index in [1.54, 1.807) is 24.3 Å². The number of hydrogen-bond donors (Lipinski definition) is 1. The van der Waals surface area contributed by atoms with Crippen LogP contribution in [0.3, 0.4) is 0 Å². The number of carbonyl (C=O) groups is 1. The Labute approximate surface area is 175 Å². The Morgan fingerprint density at radius 1 is 0.933 bits per heavy atom. The van der Waals surface area contributed by atoms with Crippen LogP contribution in [0.15, 0.2) is 41.3 Å². The first kappa shape index (κ1) is 21.9. The van der Waals surface area contributed by atoms with Crippen molar-refractivity contribution in [3.63, 3.8) is 0 Å². The number of sulfonamides is 1. The lowest BCUT2D eigenvalue weighted by Crippen LogP contribution is -2.40. The van der Waals surface area contributed by atoms with Crippen LogP contribution in [0.1, 0.15) is 10.4 Å². The van der Waals surface area contributed by atoms with E-state index in [9.17, 15) is 13.2 Å². The van der Waals surface area contributed by atoms with E-state index in [0.29, 0.717) is 36.0 Å². The average Bonchev–Trinajstić information content (AvgIpc) is 2.79. The van der Waals surface area contributed by atoms with Crippen LogP contribution in [-0.2, 0) is 14.8 Å². The summed E-state index contributed by atoms with van der Waals surface area (Å²) in [5.41, 5.74) is 0.656. The number of benzene rings is 2. The fraction of sp³-hybridized carbons (Fsp3) is 0.350. The van der Waals surface area contributed by atoms with Gasteiger partial charge in [-0.05, 0) is 36.4 Å². The van der Waals surface area contributed by atoms with E-state index >= 15 is 0 Å². The number of nitrogens with one attached hydrogen (secondary N) is 1. The molecule has 1 saturated heterocycles. The van der Waals surface area contributed by atoms with Crippen molar-refractivity contribution in [1.82, 2.24) is 4.31 Å². The number of anilines is 1. The molecular weight excluding hydrogens is 412 g/mol. The van der Waals surface area contributed by atoms with Gasteiger partial charge in [0.1, 0.15) is 10.6 Å². The van der Waals surface area contributed by atoms with Gasteiger partial charge in [-0.1, -0.05) is 0 Å². The van der Waals surface area contributed by atoms with Gasteiger partial charge in [-0.3, -0.25) is 4.79 Å². The molecule has 1 N–H and O–H groups in total. The van der Waals surface area contributed by atoms with Crippen LogP contribution >= 0.6 is 0 Å². The van der Waals surface area contributed by atoms with Gasteiger partial charge in [0.05, 0.1) is 34.5 Å². The highest BCUT2D eigenvalue weighted by Crippen LogP contribution is 2.31. The fourth-order valence-corrected chi connectivity index (χ4v) is 4.65. The molecule has 0 aromatic heterocycles. The highest BCUT2D eigenvalue weighted by atomic mass is 32.2. The van der Waals surface area contributed by atoms with Crippen molar-refractivity contribution in [1.29, 1.82) is 0 Å². The number of carbonyl (C=O) groups excluding carboxylic acids is 1. The highest BCUT2D eigenvalue weighted by molar-refractivity contribution is 7.89. The molecule has 10 heteroatoms. The molecule has 1 aliphatic heterocycles. The minimum absolute atomic E-state index is 0.0167. The van der Waals surface area contributed by atoms with Gasteiger partial charge in [-0.25, -0.2) is 8.42 Å². The third-order valence-electron chi connectivity index (χ3n) is 4.66. The molecule has 0 unspecified atom stereocenters. The minimum atomic E-state index is -3.81. The van der Waals surface area contributed by atoms with Gasteiger partial charge >= 0.3 is 0 Å². The fourth-order valence-electron chi connectivity index (χ4n) is 3.06. The number of morpholine rings is 1.